The normalized spacial score (nSPS) is 10.4. The van der Waals surface area contributed by atoms with Gasteiger partial charge < -0.3 is 4.74 Å². The van der Waals surface area contributed by atoms with Crippen LogP contribution in [0.1, 0.15) is 31.1 Å². The first kappa shape index (κ1) is 14.8. The van der Waals surface area contributed by atoms with Gasteiger partial charge in [0.05, 0.1) is 6.54 Å². The van der Waals surface area contributed by atoms with E-state index >= 15 is 0 Å². The highest BCUT2D eigenvalue weighted by atomic mass is 16.6. The molecule has 0 aromatic heterocycles. The quantitative estimate of drug-likeness (QED) is 0.619. The number of benzene rings is 1. The molecule has 1 rings (SSSR count). The first-order valence-electron chi connectivity index (χ1n) is 5.86. The second-order valence-electron chi connectivity index (χ2n) is 4.98. The molecular weight excluding hydrogens is 242 g/mol. The van der Waals surface area contributed by atoms with Gasteiger partial charge in [-0.15, -0.1) is 6.42 Å². The molecule has 0 saturated heterocycles. The van der Waals surface area contributed by atoms with E-state index in [0.29, 0.717) is 11.3 Å². The highest BCUT2D eigenvalue weighted by molar-refractivity contribution is 5.89. The summed E-state index contributed by atoms with van der Waals surface area (Å²) in [4.78, 5) is 24.0. The summed E-state index contributed by atoms with van der Waals surface area (Å²) in [6.07, 6.45) is 5.50. The topological polar surface area (TPSA) is 46.6 Å². The zero-order valence-electron chi connectivity index (χ0n) is 11.3. The van der Waals surface area contributed by atoms with Crippen LogP contribution in [0.3, 0.4) is 0 Å². The molecule has 1 aromatic carbocycles. The van der Waals surface area contributed by atoms with Gasteiger partial charge in [0.2, 0.25) is 0 Å². The zero-order chi connectivity index (χ0) is 14.5. The molecule has 0 aliphatic rings. The SMILES string of the molecule is C#CCN(C(=O)OC(C)(C)C)c1ccc(C=O)cc1. The third-order valence-electron chi connectivity index (χ3n) is 2.20. The van der Waals surface area contributed by atoms with Crippen LogP contribution in [-0.4, -0.2) is 24.5 Å². The Morgan fingerprint density at radius 2 is 1.95 bits per heavy atom. The van der Waals surface area contributed by atoms with Gasteiger partial charge in [0.25, 0.3) is 0 Å². The van der Waals surface area contributed by atoms with Gasteiger partial charge in [-0.3, -0.25) is 9.69 Å². The summed E-state index contributed by atoms with van der Waals surface area (Å²) in [5.74, 6) is 2.42. The van der Waals surface area contributed by atoms with Crippen molar-refractivity contribution in [3.8, 4) is 12.3 Å². The van der Waals surface area contributed by atoms with Gasteiger partial charge in [0.1, 0.15) is 11.9 Å². The van der Waals surface area contributed by atoms with Gasteiger partial charge >= 0.3 is 6.09 Å². The number of rotatable bonds is 3. The Hall–Kier alpha value is -2.28. The van der Waals surface area contributed by atoms with Crippen LogP contribution in [0.2, 0.25) is 0 Å². The summed E-state index contributed by atoms with van der Waals surface area (Å²) < 4.78 is 5.29. The van der Waals surface area contributed by atoms with Crippen molar-refractivity contribution in [1.29, 1.82) is 0 Å². The smallest absolute Gasteiger partial charge is 0.415 e. The highest BCUT2D eigenvalue weighted by Gasteiger charge is 2.22. The van der Waals surface area contributed by atoms with Gasteiger partial charge in [0.15, 0.2) is 0 Å². The summed E-state index contributed by atoms with van der Waals surface area (Å²) in [6, 6.07) is 6.56. The van der Waals surface area contributed by atoms with E-state index in [0.717, 1.165) is 6.29 Å². The van der Waals surface area contributed by atoms with Crippen LogP contribution >= 0.6 is 0 Å². The molecule has 0 aliphatic carbocycles. The molecule has 0 atom stereocenters. The van der Waals surface area contributed by atoms with Gasteiger partial charge in [-0.1, -0.05) is 5.92 Å². The summed E-state index contributed by atoms with van der Waals surface area (Å²) in [6.45, 7) is 5.46. The highest BCUT2D eigenvalue weighted by Crippen LogP contribution is 2.18. The number of ether oxygens (including phenoxy) is 1. The average molecular weight is 259 g/mol. The van der Waals surface area contributed by atoms with Crippen molar-refractivity contribution in [3.63, 3.8) is 0 Å². The van der Waals surface area contributed by atoms with Crippen molar-refractivity contribution in [2.75, 3.05) is 11.4 Å². The Morgan fingerprint density at radius 1 is 1.37 bits per heavy atom. The predicted octanol–water partition coefficient (Wildman–Crippen LogP) is 2.87. The molecule has 0 radical (unpaired) electrons. The van der Waals surface area contributed by atoms with E-state index in [1.807, 2.05) is 0 Å². The van der Waals surface area contributed by atoms with E-state index in [1.54, 1.807) is 45.0 Å². The first-order chi connectivity index (χ1) is 8.87. The van der Waals surface area contributed by atoms with Crippen molar-refractivity contribution >= 4 is 18.1 Å². The minimum absolute atomic E-state index is 0.106. The standard InChI is InChI=1S/C15H17NO3/c1-5-10-16(14(18)19-15(2,3)4)13-8-6-12(11-17)7-9-13/h1,6-9,11H,10H2,2-4H3. The Labute approximate surface area is 113 Å². The van der Waals surface area contributed by atoms with Gasteiger partial charge in [-0.2, -0.15) is 0 Å². The van der Waals surface area contributed by atoms with E-state index in [9.17, 15) is 9.59 Å². The Kier molecular flexibility index (Phi) is 4.71. The van der Waals surface area contributed by atoms with Gasteiger partial charge in [0, 0.05) is 11.3 Å². The van der Waals surface area contributed by atoms with Gasteiger partial charge in [-0.05, 0) is 45.0 Å². The lowest BCUT2D eigenvalue weighted by atomic mass is 10.2. The number of terminal acetylenes is 1. The van der Waals surface area contributed by atoms with Crippen molar-refractivity contribution in [3.05, 3.63) is 29.8 Å². The van der Waals surface area contributed by atoms with Crippen LogP contribution in [0.15, 0.2) is 24.3 Å². The second-order valence-corrected chi connectivity index (χ2v) is 4.98. The van der Waals surface area contributed by atoms with Crippen LogP contribution < -0.4 is 4.90 Å². The molecule has 0 unspecified atom stereocenters. The Morgan fingerprint density at radius 3 is 2.37 bits per heavy atom. The summed E-state index contributed by atoms with van der Waals surface area (Å²) in [5, 5.41) is 0. The van der Waals surface area contributed by atoms with E-state index in [-0.39, 0.29) is 6.54 Å². The van der Waals surface area contributed by atoms with Crippen LogP contribution in [0.25, 0.3) is 0 Å². The molecule has 100 valence electrons. The molecule has 0 N–H and O–H groups in total. The molecule has 0 aliphatic heterocycles. The van der Waals surface area contributed by atoms with Crippen LogP contribution in [-0.2, 0) is 4.74 Å². The van der Waals surface area contributed by atoms with Crippen LogP contribution in [0.4, 0.5) is 10.5 Å². The monoisotopic (exact) mass is 259 g/mol. The molecular formula is C15H17NO3. The lowest BCUT2D eigenvalue weighted by Crippen LogP contribution is -2.37. The summed E-state index contributed by atoms with van der Waals surface area (Å²) >= 11 is 0. The molecule has 0 fully saturated rings. The number of anilines is 1. The minimum Gasteiger partial charge on any atom is -0.443 e. The number of carbonyl (C=O) groups excluding carboxylic acids is 2. The van der Waals surface area contributed by atoms with Crippen LogP contribution in [0, 0.1) is 12.3 Å². The number of amides is 1. The predicted molar refractivity (Wildman–Crippen MR) is 74.2 cm³/mol. The van der Waals surface area contributed by atoms with Crippen LogP contribution in [0.5, 0.6) is 0 Å². The zero-order valence-corrected chi connectivity index (χ0v) is 11.3. The first-order valence-corrected chi connectivity index (χ1v) is 5.86. The maximum Gasteiger partial charge on any atom is 0.415 e. The van der Waals surface area contributed by atoms with E-state index in [2.05, 4.69) is 5.92 Å². The van der Waals surface area contributed by atoms with Crippen molar-refractivity contribution in [2.45, 2.75) is 26.4 Å². The molecule has 0 saturated carbocycles. The van der Waals surface area contributed by atoms with E-state index < -0.39 is 11.7 Å². The Balaban J connectivity index is 2.96. The van der Waals surface area contributed by atoms with Crippen molar-refractivity contribution < 1.29 is 14.3 Å². The Bertz CT molecular complexity index is 492. The lowest BCUT2D eigenvalue weighted by molar-refractivity contribution is 0.0585. The molecule has 0 bridgehead atoms. The number of nitrogens with zero attached hydrogens (tertiary/aromatic N) is 1. The molecule has 4 heteroatoms. The van der Waals surface area contributed by atoms with Crippen molar-refractivity contribution in [2.24, 2.45) is 0 Å². The maximum absolute atomic E-state index is 12.0. The molecule has 1 amide bonds. The van der Waals surface area contributed by atoms with Gasteiger partial charge in [-0.25, -0.2) is 4.79 Å². The fraction of sp³-hybridized carbons (Fsp3) is 0.333. The number of hydrogen-bond donors (Lipinski definition) is 0. The fourth-order valence-corrected chi connectivity index (χ4v) is 1.40. The fourth-order valence-electron chi connectivity index (χ4n) is 1.40. The number of aldehydes is 1. The summed E-state index contributed by atoms with van der Waals surface area (Å²) in [5.41, 5.74) is 0.540. The lowest BCUT2D eigenvalue weighted by Gasteiger charge is -2.26. The molecule has 0 heterocycles. The number of hydrogen-bond acceptors (Lipinski definition) is 3. The van der Waals surface area contributed by atoms with E-state index in [1.165, 1.54) is 4.90 Å². The average Bonchev–Trinajstić information content (AvgIpc) is 2.34. The minimum atomic E-state index is -0.591. The molecule has 0 spiro atoms. The number of carbonyl (C=O) groups is 2. The molecule has 19 heavy (non-hydrogen) atoms. The largest absolute Gasteiger partial charge is 0.443 e. The summed E-state index contributed by atoms with van der Waals surface area (Å²) in [7, 11) is 0. The molecule has 1 aromatic rings. The molecule has 4 nitrogen and oxygen atoms in total. The third kappa shape index (κ3) is 4.47. The second kappa shape index (κ2) is 6.05. The maximum atomic E-state index is 12.0. The van der Waals surface area contributed by atoms with Crippen molar-refractivity contribution in [1.82, 2.24) is 0 Å². The third-order valence-corrected chi connectivity index (χ3v) is 2.20. The van der Waals surface area contributed by atoms with E-state index in [4.69, 9.17) is 11.2 Å².